The minimum Gasteiger partial charge on any atom is -0.151 e. The van der Waals surface area contributed by atoms with Gasteiger partial charge < -0.3 is 0 Å². The molecule has 3 heteroatoms. The van der Waals surface area contributed by atoms with E-state index in [-0.39, 0.29) is 2.99 Å². The summed E-state index contributed by atoms with van der Waals surface area (Å²) in [5.41, 5.74) is 0. The average molecular weight is 187 g/mol. The van der Waals surface area contributed by atoms with Crippen LogP contribution >= 0.6 is 41.2 Å². The lowest BCUT2D eigenvalue weighted by molar-refractivity contribution is 1.03. The lowest BCUT2D eigenvalue weighted by Crippen LogP contribution is -1.95. The van der Waals surface area contributed by atoms with Gasteiger partial charge in [0.05, 0.1) is 0 Å². The van der Waals surface area contributed by atoms with Gasteiger partial charge in [0.15, 0.2) is 0 Å². The molecule has 0 aliphatic heterocycles. The standard InChI is InChI=1S/C3H7BrS2/c1-2-3(4,5)6/h5-6H,2H2,1H3. The fraction of sp³-hybridized carbons (Fsp3) is 1.00. The van der Waals surface area contributed by atoms with Gasteiger partial charge in [0.25, 0.3) is 0 Å². The van der Waals surface area contributed by atoms with Crippen molar-refractivity contribution in [2.24, 2.45) is 0 Å². The van der Waals surface area contributed by atoms with Gasteiger partial charge in [-0.3, -0.25) is 0 Å². The highest BCUT2D eigenvalue weighted by Crippen LogP contribution is 2.30. The van der Waals surface area contributed by atoms with Crippen LogP contribution in [-0.4, -0.2) is 2.99 Å². The molecule has 0 saturated heterocycles. The van der Waals surface area contributed by atoms with Crippen LogP contribution in [0.1, 0.15) is 13.3 Å². The summed E-state index contributed by atoms with van der Waals surface area (Å²) in [6, 6.07) is 0. The quantitative estimate of drug-likeness (QED) is 0.351. The van der Waals surface area contributed by atoms with Crippen molar-refractivity contribution >= 4 is 41.2 Å². The third-order valence-corrected chi connectivity index (χ3v) is 1.64. The van der Waals surface area contributed by atoms with E-state index in [9.17, 15) is 0 Å². The van der Waals surface area contributed by atoms with Crippen LogP contribution < -0.4 is 0 Å². The highest BCUT2D eigenvalue weighted by Gasteiger charge is 2.08. The number of hydrogen-bond acceptors (Lipinski definition) is 2. The minimum absolute atomic E-state index is 0.257. The first-order valence-corrected chi connectivity index (χ1v) is 3.38. The first-order chi connectivity index (χ1) is 2.56. The van der Waals surface area contributed by atoms with Gasteiger partial charge in [-0.05, 0) is 6.42 Å². The normalized spacial score (nSPS) is 12.0. The zero-order chi connectivity index (χ0) is 5.21. The molecule has 0 aliphatic carbocycles. The van der Waals surface area contributed by atoms with Gasteiger partial charge in [0.1, 0.15) is 2.99 Å². The topological polar surface area (TPSA) is 0 Å². The monoisotopic (exact) mass is 186 g/mol. The SMILES string of the molecule is CCC(S)(S)Br. The van der Waals surface area contributed by atoms with E-state index in [4.69, 9.17) is 0 Å². The van der Waals surface area contributed by atoms with Gasteiger partial charge in [-0.15, -0.1) is 0 Å². The van der Waals surface area contributed by atoms with Gasteiger partial charge >= 0.3 is 0 Å². The van der Waals surface area contributed by atoms with E-state index in [0.717, 1.165) is 6.42 Å². The Balaban J connectivity index is 3.17. The predicted molar refractivity (Wildman–Crippen MR) is 39.9 cm³/mol. The molecule has 0 saturated carbocycles. The molecular weight excluding hydrogens is 180 g/mol. The van der Waals surface area contributed by atoms with Gasteiger partial charge in [-0.2, -0.15) is 25.3 Å². The van der Waals surface area contributed by atoms with Crippen LogP contribution in [0.2, 0.25) is 0 Å². The van der Waals surface area contributed by atoms with Crippen molar-refractivity contribution in [2.75, 3.05) is 0 Å². The van der Waals surface area contributed by atoms with Gasteiger partial charge in [-0.25, -0.2) is 0 Å². The Morgan fingerprint density at radius 1 is 1.67 bits per heavy atom. The molecule has 0 atom stereocenters. The molecule has 0 aromatic carbocycles. The minimum atomic E-state index is -0.257. The molecule has 0 bridgehead atoms. The van der Waals surface area contributed by atoms with Crippen molar-refractivity contribution in [1.82, 2.24) is 0 Å². The third kappa shape index (κ3) is 5.18. The molecule has 0 heterocycles. The molecule has 0 unspecified atom stereocenters. The molecule has 0 aromatic rings. The second-order valence-corrected chi connectivity index (χ2v) is 5.53. The molecule has 0 radical (unpaired) electrons. The van der Waals surface area contributed by atoms with E-state index in [1.165, 1.54) is 0 Å². The smallest absolute Gasteiger partial charge is 0.110 e. The summed E-state index contributed by atoms with van der Waals surface area (Å²) in [6.07, 6.45) is 0.916. The van der Waals surface area contributed by atoms with Crippen molar-refractivity contribution in [1.29, 1.82) is 0 Å². The maximum atomic E-state index is 4.04. The molecular formula is C3H7BrS2. The van der Waals surface area contributed by atoms with E-state index in [1.54, 1.807) is 0 Å². The first kappa shape index (κ1) is 7.18. The highest BCUT2D eigenvalue weighted by molar-refractivity contribution is 9.13. The number of hydrogen-bond donors (Lipinski definition) is 2. The number of thiol groups is 2. The lowest BCUT2D eigenvalue weighted by atomic mass is 10.6. The molecule has 0 spiro atoms. The van der Waals surface area contributed by atoms with Gasteiger partial charge in [-0.1, -0.05) is 22.9 Å². The summed E-state index contributed by atoms with van der Waals surface area (Å²) in [4.78, 5) is 0. The fourth-order valence-corrected chi connectivity index (χ4v) is 0. The van der Waals surface area contributed by atoms with E-state index in [2.05, 4.69) is 41.2 Å². The van der Waals surface area contributed by atoms with Crippen LogP contribution in [-0.2, 0) is 0 Å². The van der Waals surface area contributed by atoms with Crippen LogP contribution in [0.5, 0.6) is 0 Å². The molecule has 6 heavy (non-hydrogen) atoms. The first-order valence-electron chi connectivity index (χ1n) is 1.70. The Bertz CT molecular complexity index is 38.5. The van der Waals surface area contributed by atoms with E-state index in [0.29, 0.717) is 0 Å². The molecule has 0 fully saturated rings. The summed E-state index contributed by atoms with van der Waals surface area (Å²) in [5.74, 6) is 0. The fourth-order valence-electron chi connectivity index (χ4n) is 0. The molecule has 0 aromatic heterocycles. The molecule has 0 aliphatic rings. The average Bonchev–Trinajstić information content (AvgIpc) is 1.35. The predicted octanol–water partition coefficient (Wildman–Crippen LogP) is 2.30. The number of alkyl halides is 1. The van der Waals surface area contributed by atoms with Crippen LogP contribution in [0.3, 0.4) is 0 Å². The van der Waals surface area contributed by atoms with E-state index < -0.39 is 0 Å². The summed E-state index contributed by atoms with van der Waals surface area (Å²) in [6.45, 7) is 2.01. The maximum Gasteiger partial charge on any atom is 0.110 e. The largest absolute Gasteiger partial charge is 0.151 e. The van der Waals surface area contributed by atoms with Crippen molar-refractivity contribution in [2.45, 2.75) is 16.3 Å². The third-order valence-electron chi connectivity index (χ3n) is 0.450. The van der Waals surface area contributed by atoms with Crippen molar-refractivity contribution in [3.05, 3.63) is 0 Å². The van der Waals surface area contributed by atoms with Crippen molar-refractivity contribution < 1.29 is 0 Å². The van der Waals surface area contributed by atoms with Gasteiger partial charge in [0.2, 0.25) is 0 Å². The molecule has 0 amide bonds. The van der Waals surface area contributed by atoms with Crippen LogP contribution in [0, 0.1) is 0 Å². The Morgan fingerprint density at radius 2 is 1.83 bits per heavy atom. The van der Waals surface area contributed by atoms with Crippen LogP contribution in [0.25, 0.3) is 0 Å². The van der Waals surface area contributed by atoms with E-state index in [1.807, 2.05) is 6.92 Å². The molecule has 0 nitrogen and oxygen atoms in total. The molecule has 38 valence electrons. The molecule has 0 N–H and O–H groups in total. The number of rotatable bonds is 1. The zero-order valence-corrected chi connectivity index (χ0v) is 6.85. The Kier molecular flexibility index (Phi) is 2.97. The second-order valence-electron chi connectivity index (χ2n) is 1.07. The number of halogens is 1. The Labute approximate surface area is 57.6 Å². The lowest BCUT2D eigenvalue weighted by Gasteiger charge is -2.07. The summed E-state index contributed by atoms with van der Waals surface area (Å²) in [5, 5.41) is 0. The molecule has 0 rings (SSSR count). The van der Waals surface area contributed by atoms with E-state index >= 15 is 0 Å². The summed E-state index contributed by atoms with van der Waals surface area (Å²) >= 11 is 11.3. The summed E-state index contributed by atoms with van der Waals surface area (Å²) in [7, 11) is 0. The maximum absolute atomic E-state index is 4.04. The summed E-state index contributed by atoms with van der Waals surface area (Å²) < 4.78 is -0.257. The zero-order valence-electron chi connectivity index (χ0n) is 3.48. The van der Waals surface area contributed by atoms with Gasteiger partial charge in [0, 0.05) is 0 Å². The van der Waals surface area contributed by atoms with Crippen LogP contribution in [0.4, 0.5) is 0 Å². The second kappa shape index (κ2) is 2.48. The van der Waals surface area contributed by atoms with Crippen LogP contribution in [0.15, 0.2) is 0 Å². The Hall–Kier alpha value is 1.18. The highest BCUT2D eigenvalue weighted by atomic mass is 79.9. The van der Waals surface area contributed by atoms with Crippen molar-refractivity contribution in [3.8, 4) is 0 Å². The Morgan fingerprint density at radius 3 is 1.83 bits per heavy atom. The van der Waals surface area contributed by atoms with Crippen molar-refractivity contribution in [3.63, 3.8) is 0 Å².